The first kappa shape index (κ1) is 96.7. The Hall–Kier alpha value is -6.16. The van der Waals surface area contributed by atoms with Crippen LogP contribution in [-0.4, -0.2) is 180 Å². The first-order valence-electron chi connectivity index (χ1n) is 41.2. The predicted octanol–water partition coefficient (Wildman–Crippen LogP) is 14.3. The van der Waals surface area contributed by atoms with E-state index in [1.807, 2.05) is 0 Å². The lowest BCUT2D eigenvalue weighted by molar-refractivity contribution is 0.000263. The van der Waals surface area contributed by atoms with Crippen molar-refractivity contribution in [2.24, 2.45) is 17.2 Å². The smallest absolute Gasteiger partial charge is 0.356 e. The van der Waals surface area contributed by atoms with Crippen LogP contribution in [0.2, 0.25) is 0 Å². The molecule has 5 atom stereocenters. The minimum Gasteiger partial charge on any atom is -0.394 e. The summed E-state index contributed by atoms with van der Waals surface area (Å²) in [5, 5.41) is 14.1. The molecule has 0 saturated heterocycles. The van der Waals surface area contributed by atoms with E-state index in [2.05, 4.69) is 49.6 Å². The number of amides is 3. The van der Waals surface area contributed by atoms with Crippen molar-refractivity contribution in [2.75, 3.05) is 102 Å². The number of unbranched alkanes of at least 4 members (excludes halogenated alkanes) is 26. The third-order valence-corrected chi connectivity index (χ3v) is 23.1. The van der Waals surface area contributed by atoms with E-state index in [1.54, 1.807) is 39.2 Å². The zero-order chi connectivity index (χ0) is 82.7. The summed E-state index contributed by atoms with van der Waals surface area (Å²) in [4.78, 5) is 95.4. The van der Waals surface area contributed by atoms with Crippen LogP contribution in [-0.2, 0) is 79.9 Å². The largest absolute Gasteiger partial charge is 0.394 e. The molecule has 6 heterocycles. The second-order valence-electron chi connectivity index (χ2n) is 29.0. The van der Waals surface area contributed by atoms with Gasteiger partial charge in [-0.15, -0.1) is 0 Å². The van der Waals surface area contributed by atoms with Crippen LogP contribution in [0.25, 0.3) is 33.1 Å². The Morgan fingerprint density at radius 3 is 1.23 bits per heavy atom. The number of hydrogen-bond acceptors (Lipinski definition) is 26. The van der Waals surface area contributed by atoms with Gasteiger partial charge in [0.25, 0.3) is 17.7 Å². The first-order chi connectivity index (χ1) is 54.8. The normalized spacial score (nSPS) is 13.9. The van der Waals surface area contributed by atoms with Gasteiger partial charge in [-0.05, 0) is 60.3 Å². The number of aromatic nitrogens is 9. The Bertz CT molecular complexity index is 3990. The lowest BCUT2D eigenvalue weighted by atomic mass is 10.0. The fourth-order valence-electron chi connectivity index (χ4n) is 13.4. The molecule has 3 amide bonds. The van der Waals surface area contributed by atoms with Crippen LogP contribution in [0.1, 0.15) is 269 Å². The number of ether oxygens (including phenoxy) is 5. The lowest BCUT2D eigenvalue weighted by Gasteiger charge is -2.23. The lowest BCUT2D eigenvalue weighted by Crippen LogP contribution is -2.30. The third kappa shape index (κ3) is 34.4. The molecule has 0 radical (unpaired) electrons. The maximum Gasteiger partial charge on any atom is 0.356 e. The average Bonchev–Trinajstić information content (AvgIpc) is 1.60. The molecule has 0 aliphatic heterocycles. The molecule has 37 heteroatoms. The number of aliphatic hydroxyl groups excluding tert-OH is 1. The van der Waals surface area contributed by atoms with Crippen LogP contribution in [0.15, 0.2) is 18.6 Å². The first-order valence-corrected chi connectivity index (χ1v) is 46.4. The summed E-state index contributed by atoms with van der Waals surface area (Å²) in [6.45, 7) is 12.4. The summed E-state index contributed by atoms with van der Waals surface area (Å²) in [7, 11) is -12.8. The van der Waals surface area contributed by atoms with Crippen LogP contribution in [0.4, 0.5) is 17.5 Å². The minimum absolute atomic E-state index is 0.00937. The van der Waals surface area contributed by atoms with Crippen molar-refractivity contribution in [2.45, 2.75) is 279 Å². The number of fused-ring (bicyclic) bond motifs is 3. The molecular formula is C77H132N15O19P3. The van der Waals surface area contributed by atoms with E-state index in [0.717, 1.165) is 38.5 Å². The standard InChI is InChI=1S/C77H132N15O19P3/c1-8-12-14-16-18-20-22-24-26-28-30-32-34-36-40-102-42-38-44-110-112(97,98)54-104-60(52-93)46-90-49-63(71(80)95)67-73(83-58(6)86-76(67)90)88-65(106-55-113(99,100)111-45-39-43-103-41-37-35-33-31-29-27-25-23-21-19-17-15-13-9-2)51-92-50-64(72(81)96)68-74(84-59(7)87-77(68)92)89-107-53-61(105-56-114(101,108-10-3)109-11-4)47-91-48-62(70(79)94)66-69(78)82-57(5)85-75(66)91/h48-50,60-61,65,93H,8-47,51-56H2,1-7H3,(H2,79,94)(H2,80,95)(H2,81,96)(H,97,98)(H,99,100)(H2,78,82,85)(H,83,86,88)(H,84,87,89)/t60-,61-,65-/m0/s1. The quantitative estimate of drug-likeness (QED) is 0.00741. The van der Waals surface area contributed by atoms with Crippen molar-refractivity contribution in [3.63, 3.8) is 0 Å². The third-order valence-electron chi connectivity index (χ3n) is 19.2. The highest BCUT2D eigenvalue weighted by molar-refractivity contribution is 7.53. The number of aryl methyl sites for hydroxylation is 3. The van der Waals surface area contributed by atoms with Gasteiger partial charge in [-0.1, -0.05) is 181 Å². The Morgan fingerprint density at radius 1 is 0.439 bits per heavy atom. The van der Waals surface area contributed by atoms with Gasteiger partial charge in [-0.3, -0.25) is 32.9 Å². The summed E-state index contributed by atoms with van der Waals surface area (Å²) in [6, 6.07) is 0. The van der Waals surface area contributed by atoms with E-state index in [0.29, 0.717) is 38.5 Å². The highest BCUT2D eigenvalue weighted by Gasteiger charge is 2.32. The molecule has 0 bridgehead atoms. The molecule has 644 valence electrons. The Kier molecular flexibility index (Phi) is 44.6. The number of carbonyl (C=O) groups is 3. The fourth-order valence-corrected chi connectivity index (χ4v) is 16.6. The molecule has 34 nitrogen and oxygen atoms in total. The molecule has 0 aliphatic rings. The van der Waals surface area contributed by atoms with Gasteiger partial charge in [-0.2, -0.15) is 0 Å². The van der Waals surface area contributed by atoms with Crippen molar-refractivity contribution >= 4 is 91.1 Å². The van der Waals surface area contributed by atoms with E-state index in [4.69, 9.17) is 74.5 Å². The highest BCUT2D eigenvalue weighted by atomic mass is 31.2. The molecular weight excluding hydrogens is 1530 g/mol. The molecule has 2 unspecified atom stereocenters. The number of aliphatic hydroxyl groups is 1. The topological polar surface area (TPSA) is 476 Å². The summed E-state index contributed by atoms with van der Waals surface area (Å²) in [5.41, 5.74) is 27.2. The summed E-state index contributed by atoms with van der Waals surface area (Å²) in [5.74, 6) is -2.22. The number of nitrogens with two attached hydrogens (primary N) is 4. The molecule has 6 aromatic heterocycles. The van der Waals surface area contributed by atoms with Crippen LogP contribution in [0.3, 0.4) is 0 Å². The fraction of sp³-hybridized carbons (Fsp3) is 0.727. The number of carbonyl (C=O) groups excluding carboxylic acids is 3. The van der Waals surface area contributed by atoms with E-state index in [9.17, 15) is 43.0 Å². The summed E-state index contributed by atoms with van der Waals surface area (Å²) in [6.07, 6.45) is 33.9. The van der Waals surface area contributed by atoms with E-state index < -0.39 is 84.6 Å². The number of hydrogen-bond donors (Lipinski definition) is 9. The Balaban J connectivity index is 1.16. The van der Waals surface area contributed by atoms with E-state index >= 15 is 0 Å². The number of nitrogens with zero attached hydrogens (tertiary/aromatic N) is 9. The number of primary amides is 3. The molecule has 0 saturated carbocycles. The second-order valence-corrected chi connectivity index (χ2v) is 34.6. The van der Waals surface area contributed by atoms with Gasteiger partial charge < -0.3 is 98.6 Å². The Morgan fingerprint density at radius 2 is 0.798 bits per heavy atom. The van der Waals surface area contributed by atoms with Crippen molar-refractivity contribution in [1.82, 2.24) is 43.6 Å². The molecule has 6 aromatic rings. The van der Waals surface area contributed by atoms with Crippen LogP contribution < -0.4 is 33.7 Å². The van der Waals surface area contributed by atoms with Gasteiger partial charge in [0.1, 0.15) is 77.7 Å². The maximum absolute atomic E-state index is 14.0. The Labute approximate surface area is 672 Å². The zero-order valence-corrected chi connectivity index (χ0v) is 71.2. The van der Waals surface area contributed by atoms with Gasteiger partial charge in [0.05, 0.1) is 91.6 Å². The SMILES string of the molecule is CCCCCCCCCCCCCCCCOCCCOP(=O)(O)CO[C@H](CO)Cn1cc(C(N)=O)c2c(N[C@H](Cn3cc(C(N)=O)c4c(NOC[C@H](Cn5cc(C(N)=O)c6c(N)nc(C)nc65)OCP(=O)(OCC)OCC)nc(C)nc43)OCP(=O)(O)OCCCOCCCCCCCCCCCCCCCC)nc(C)nc21. The van der Waals surface area contributed by atoms with Crippen molar-refractivity contribution in [3.8, 4) is 0 Å². The van der Waals surface area contributed by atoms with Gasteiger partial charge in [0, 0.05) is 45.0 Å². The maximum atomic E-state index is 14.0. The van der Waals surface area contributed by atoms with Crippen LogP contribution >= 0.6 is 22.8 Å². The molecule has 0 spiro atoms. The second kappa shape index (κ2) is 52.6. The van der Waals surface area contributed by atoms with E-state index in [-0.39, 0.29) is 138 Å². The summed E-state index contributed by atoms with van der Waals surface area (Å²) < 4.78 is 97.3. The highest BCUT2D eigenvalue weighted by Crippen LogP contribution is 2.48. The average molecular weight is 1660 g/mol. The van der Waals surface area contributed by atoms with Gasteiger partial charge in [0.15, 0.2) is 12.2 Å². The zero-order valence-electron chi connectivity index (χ0n) is 68.5. The number of nitrogen functional groups attached to an aromatic ring is 1. The molecule has 0 fully saturated rings. The van der Waals surface area contributed by atoms with Crippen molar-refractivity contribution in [1.29, 1.82) is 0 Å². The number of nitrogens with one attached hydrogen (secondary N) is 2. The van der Waals surface area contributed by atoms with Crippen LogP contribution in [0.5, 0.6) is 0 Å². The van der Waals surface area contributed by atoms with E-state index in [1.165, 1.54) is 169 Å². The minimum atomic E-state index is -4.58. The van der Waals surface area contributed by atoms with Crippen molar-refractivity contribution < 1.29 is 89.6 Å². The predicted molar refractivity (Wildman–Crippen MR) is 440 cm³/mol. The van der Waals surface area contributed by atoms with Crippen molar-refractivity contribution in [3.05, 3.63) is 52.8 Å². The molecule has 0 aromatic carbocycles. The molecule has 13 N–H and O–H groups in total. The summed E-state index contributed by atoms with van der Waals surface area (Å²) >= 11 is 0. The monoisotopic (exact) mass is 1660 g/mol. The number of anilines is 3. The number of rotatable bonds is 69. The van der Waals surface area contributed by atoms with Gasteiger partial charge >= 0.3 is 22.8 Å². The molecule has 114 heavy (non-hydrogen) atoms. The molecule has 0 aliphatic carbocycles. The molecule has 6 rings (SSSR count). The van der Waals surface area contributed by atoms with Gasteiger partial charge in [-0.25, -0.2) is 35.4 Å². The van der Waals surface area contributed by atoms with Gasteiger partial charge in [0.2, 0.25) is 0 Å². The van der Waals surface area contributed by atoms with Crippen LogP contribution in [0, 0.1) is 20.8 Å².